The van der Waals surface area contributed by atoms with E-state index < -0.39 is 0 Å². The number of hydrogen-bond donors (Lipinski definition) is 2. The summed E-state index contributed by atoms with van der Waals surface area (Å²) in [7, 11) is 0. The molecule has 3 nitrogen and oxygen atoms in total. The maximum Gasteiger partial charge on any atom is 0.309 e. The minimum absolute atomic E-state index is 0.00463. The smallest absolute Gasteiger partial charge is 0.309 e. The van der Waals surface area contributed by atoms with E-state index in [0.717, 1.165) is 30.8 Å². The maximum absolute atomic E-state index is 10.0. The molecule has 0 aromatic rings. The Hall–Kier alpha value is -0.640. The minimum Gasteiger partial charge on any atom is -0.378 e. The molecule has 0 unspecified atom stereocenters. The molecule has 1 amide bonds. The lowest BCUT2D eigenvalue weighted by Gasteiger charge is -2.12. The molecule has 1 aliphatic rings. The summed E-state index contributed by atoms with van der Waals surface area (Å²) in [5.74, 6) is 0. The fraction of sp³-hybridized carbons (Fsp3) is 0.714. The van der Waals surface area contributed by atoms with E-state index >= 15 is 0 Å². The van der Waals surface area contributed by atoms with E-state index in [1.54, 1.807) is 6.41 Å². The van der Waals surface area contributed by atoms with Crippen molar-refractivity contribution in [2.45, 2.75) is 25.3 Å². The van der Waals surface area contributed by atoms with Crippen LogP contribution in [-0.4, -0.2) is 24.0 Å². The van der Waals surface area contributed by atoms with E-state index in [1.165, 1.54) is 0 Å². The summed E-state index contributed by atoms with van der Waals surface area (Å²) >= 11 is 5.03. The standard InChI is InChI=1S/C7H11N2OS/c10-5-9-6-3-1-2-4-8-7(6)11/h6H,1-4H2,(H,8,11)(H,9,10)/t6-/m1/s1. The molecule has 11 heavy (non-hydrogen) atoms. The van der Waals surface area contributed by atoms with Gasteiger partial charge in [0.05, 0.1) is 11.0 Å². The molecule has 1 rings (SSSR count). The van der Waals surface area contributed by atoms with Crippen LogP contribution in [0.3, 0.4) is 0 Å². The van der Waals surface area contributed by atoms with Gasteiger partial charge in [0, 0.05) is 6.54 Å². The van der Waals surface area contributed by atoms with E-state index in [1.807, 2.05) is 0 Å². The van der Waals surface area contributed by atoms with Crippen molar-refractivity contribution in [2.24, 2.45) is 0 Å². The van der Waals surface area contributed by atoms with Gasteiger partial charge in [-0.05, 0) is 19.3 Å². The van der Waals surface area contributed by atoms with Gasteiger partial charge < -0.3 is 10.6 Å². The molecule has 1 fully saturated rings. The molecule has 1 heterocycles. The lowest BCUT2D eigenvalue weighted by Crippen LogP contribution is -2.40. The first-order valence-electron chi connectivity index (χ1n) is 3.75. The highest BCUT2D eigenvalue weighted by Crippen LogP contribution is 2.05. The van der Waals surface area contributed by atoms with Crippen LogP contribution in [0.25, 0.3) is 0 Å². The molecule has 1 radical (unpaired) electrons. The van der Waals surface area contributed by atoms with Crippen LogP contribution in [0.4, 0.5) is 0 Å². The van der Waals surface area contributed by atoms with Crippen molar-refractivity contribution >= 4 is 23.6 Å². The Morgan fingerprint density at radius 3 is 3.18 bits per heavy atom. The van der Waals surface area contributed by atoms with Gasteiger partial charge in [-0.2, -0.15) is 0 Å². The van der Waals surface area contributed by atoms with Crippen LogP contribution < -0.4 is 10.6 Å². The van der Waals surface area contributed by atoms with Crippen LogP contribution in [0, 0.1) is 0 Å². The summed E-state index contributed by atoms with van der Waals surface area (Å²) in [5, 5.41) is 5.63. The molecule has 1 aliphatic heterocycles. The van der Waals surface area contributed by atoms with Gasteiger partial charge in [-0.15, -0.1) is 0 Å². The third kappa shape index (κ3) is 2.46. The molecule has 0 aliphatic carbocycles. The zero-order valence-electron chi connectivity index (χ0n) is 6.22. The molecular formula is C7H11N2OS. The summed E-state index contributed by atoms with van der Waals surface area (Å²) in [6.07, 6.45) is 4.83. The molecule has 0 saturated carbocycles. The maximum atomic E-state index is 10.0. The number of rotatable bonds is 2. The molecular weight excluding hydrogens is 160 g/mol. The predicted molar refractivity (Wildman–Crippen MR) is 47.1 cm³/mol. The van der Waals surface area contributed by atoms with Crippen LogP contribution >= 0.6 is 12.2 Å². The summed E-state index contributed by atoms with van der Waals surface area (Å²) in [5.41, 5.74) is 0. The Balaban J connectivity index is 2.45. The molecule has 0 aromatic heterocycles. The highest BCUT2D eigenvalue weighted by atomic mass is 32.1. The lowest BCUT2D eigenvalue weighted by atomic mass is 10.1. The van der Waals surface area contributed by atoms with Crippen molar-refractivity contribution in [1.29, 1.82) is 0 Å². The number of thiocarbonyl (C=S) groups is 1. The third-order valence-electron chi connectivity index (χ3n) is 1.77. The molecule has 1 saturated heterocycles. The average Bonchev–Trinajstić information content (AvgIpc) is 2.18. The first-order valence-corrected chi connectivity index (χ1v) is 4.16. The quantitative estimate of drug-likeness (QED) is 0.458. The fourth-order valence-electron chi connectivity index (χ4n) is 1.15. The van der Waals surface area contributed by atoms with E-state index in [9.17, 15) is 4.79 Å². The summed E-state index contributed by atoms with van der Waals surface area (Å²) in [4.78, 5) is 10.7. The van der Waals surface area contributed by atoms with E-state index in [4.69, 9.17) is 12.2 Å². The van der Waals surface area contributed by atoms with Crippen LogP contribution in [0.5, 0.6) is 0 Å². The topological polar surface area (TPSA) is 41.1 Å². The Labute approximate surface area is 71.5 Å². The second-order valence-corrected chi connectivity index (χ2v) is 3.03. The van der Waals surface area contributed by atoms with Gasteiger partial charge in [0.15, 0.2) is 0 Å². The van der Waals surface area contributed by atoms with E-state index in [-0.39, 0.29) is 6.04 Å². The third-order valence-corrected chi connectivity index (χ3v) is 2.20. The monoisotopic (exact) mass is 171 g/mol. The molecule has 0 aromatic carbocycles. The normalized spacial score (nSPS) is 25.1. The SMILES string of the molecule is O=[C]N[C@@H]1CCCCNC1=S. The Bertz CT molecular complexity index is 161. The van der Waals surface area contributed by atoms with Crippen molar-refractivity contribution in [1.82, 2.24) is 10.6 Å². The second-order valence-electron chi connectivity index (χ2n) is 2.59. The van der Waals surface area contributed by atoms with Crippen LogP contribution in [0.2, 0.25) is 0 Å². The van der Waals surface area contributed by atoms with Crippen LogP contribution in [0.15, 0.2) is 0 Å². The summed E-state index contributed by atoms with van der Waals surface area (Å²) in [6.45, 7) is 0.926. The zero-order valence-corrected chi connectivity index (χ0v) is 7.04. The largest absolute Gasteiger partial charge is 0.378 e. The number of hydrogen-bond acceptors (Lipinski definition) is 2. The highest BCUT2D eigenvalue weighted by Gasteiger charge is 2.15. The molecule has 0 spiro atoms. The van der Waals surface area contributed by atoms with Crippen LogP contribution in [0.1, 0.15) is 19.3 Å². The minimum atomic E-state index is 0.00463. The van der Waals surface area contributed by atoms with Gasteiger partial charge in [-0.25, -0.2) is 0 Å². The Kier molecular flexibility index (Phi) is 3.29. The van der Waals surface area contributed by atoms with Crippen molar-refractivity contribution in [3.8, 4) is 0 Å². The van der Waals surface area contributed by atoms with Crippen molar-refractivity contribution in [3.63, 3.8) is 0 Å². The molecule has 0 bridgehead atoms. The van der Waals surface area contributed by atoms with Gasteiger partial charge in [-0.1, -0.05) is 12.2 Å². The first kappa shape index (κ1) is 8.46. The molecule has 61 valence electrons. The number of amides is 1. The van der Waals surface area contributed by atoms with Gasteiger partial charge >= 0.3 is 6.41 Å². The summed E-state index contributed by atoms with van der Waals surface area (Å²) < 4.78 is 0. The number of carbonyl (C=O) groups excluding carboxylic acids is 1. The highest BCUT2D eigenvalue weighted by molar-refractivity contribution is 7.80. The van der Waals surface area contributed by atoms with Crippen molar-refractivity contribution in [3.05, 3.63) is 0 Å². The van der Waals surface area contributed by atoms with Crippen molar-refractivity contribution in [2.75, 3.05) is 6.54 Å². The fourth-order valence-corrected chi connectivity index (χ4v) is 1.43. The van der Waals surface area contributed by atoms with Gasteiger partial charge in [0.2, 0.25) is 0 Å². The van der Waals surface area contributed by atoms with Crippen molar-refractivity contribution < 1.29 is 4.79 Å². The number of nitrogens with one attached hydrogen (secondary N) is 2. The van der Waals surface area contributed by atoms with Gasteiger partial charge in [0.25, 0.3) is 0 Å². The van der Waals surface area contributed by atoms with Gasteiger partial charge in [-0.3, -0.25) is 4.79 Å². The van der Waals surface area contributed by atoms with E-state index in [0.29, 0.717) is 0 Å². The molecule has 4 heteroatoms. The molecule has 1 atom stereocenters. The average molecular weight is 171 g/mol. The Morgan fingerprint density at radius 1 is 1.64 bits per heavy atom. The summed E-state index contributed by atoms with van der Waals surface area (Å²) in [6, 6.07) is 0.00463. The van der Waals surface area contributed by atoms with Gasteiger partial charge in [0.1, 0.15) is 0 Å². The second kappa shape index (κ2) is 4.28. The van der Waals surface area contributed by atoms with Crippen LogP contribution in [-0.2, 0) is 4.79 Å². The lowest BCUT2D eigenvalue weighted by molar-refractivity contribution is 0.530. The Morgan fingerprint density at radius 2 is 2.45 bits per heavy atom. The zero-order chi connectivity index (χ0) is 8.10. The molecule has 2 N–H and O–H groups in total. The van der Waals surface area contributed by atoms with E-state index in [2.05, 4.69) is 10.6 Å². The first-order chi connectivity index (χ1) is 5.34. The predicted octanol–water partition coefficient (Wildman–Crippen LogP) is 0.113.